The van der Waals surface area contributed by atoms with Crippen molar-refractivity contribution >= 4 is 27.7 Å². The molecule has 0 aromatic heterocycles. The molecule has 1 N–H and O–H groups in total. The third-order valence-corrected chi connectivity index (χ3v) is 13.9. The minimum atomic E-state index is -1.45. The van der Waals surface area contributed by atoms with Crippen LogP contribution in [0.25, 0.3) is 0 Å². The maximum atomic E-state index is 14.0. The summed E-state index contributed by atoms with van der Waals surface area (Å²) in [6.45, 7) is 10.9. The van der Waals surface area contributed by atoms with Gasteiger partial charge in [-0.05, 0) is 98.7 Å². The second-order valence-electron chi connectivity index (χ2n) is 14.3. The molecule has 0 amide bonds. The van der Waals surface area contributed by atoms with E-state index in [0.29, 0.717) is 23.9 Å². The first kappa shape index (κ1) is 25.8. The van der Waals surface area contributed by atoms with Crippen LogP contribution < -0.4 is 0 Å². The Hall–Kier alpha value is -0.460. The van der Waals surface area contributed by atoms with Gasteiger partial charge < -0.3 is 14.6 Å². The minimum Gasteiger partial charge on any atom is -0.462 e. The van der Waals surface area contributed by atoms with Crippen LogP contribution in [0.2, 0.25) is 0 Å². The number of hydrogen-bond acceptors (Lipinski definition) is 5. The highest BCUT2D eigenvalue weighted by Gasteiger charge is 2.73. The summed E-state index contributed by atoms with van der Waals surface area (Å²) >= 11 is 3.86. The SMILES string of the molecule is CC(=O)OC1CCC2(C)C3CCC4(C)C(CC5OC6(CCC(C)CC6)C(C)C54)C3C(Br)C(=O)[C@@]2(O)C1. The highest BCUT2D eigenvalue weighted by Crippen LogP contribution is 2.72. The second-order valence-corrected chi connectivity index (χ2v) is 15.3. The van der Waals surface area contributed by atoms with Gasteiger partial charge in [-0.25, -0.2) is 0 Å². The van der Waals surface area contributed by atoms with Crippen LogP contribution in [0.5, 0.6) is 0 Å². The first-order valence-electron chi connectivity index (χ1n) is 14.6. The molecule has 202 valence electrons. The Morgan fingerprint density at radius 2 is 1.75 bits per heavy atom. The average molecular weight is 566 g/mol. The molecule has 0 bridgehead atoms. The molecular formula is C30H45BrO5. The lowest BCUT2D eigenvalue weighted by Crippen LogP contribution is -2.70. The molecule has 1 saturated heterocycles. The van der Waals surface area contributed by atoms with E-state index in [1.165, 1.54) is 32.6 Å². The van der Waals surface area contributed by atoms with Crippen molar-refractivity contribution in [3.8, 4) is 0 Å². The summed E-state index contributed by atoms with van der Waals surface area (Å²) in [5.74, 6) is 2.42. The number of halogens is 1. The smallest absolute Gasteiger partial charge is 0.302 e. The Labute approximate surface area is 224 Å². The van der Waals surface area contributed by atoms with Gasteiger partial charge in [0, 0.05) is 18.8 Å². The molecule has 6 rings (SSSR count). The zero-order chi connectivity index (χ0) is 25.8. The fourth-order valence-corrected chi connectivity index (χ4v) is 12.0. The van der Waals surface area contributed by atoms with Crippen LogP contribution in [0.3, 0.4) is 0 Å². The predicted octanol–water partition coefficient (Wildman–Crippen LogP) is 5.84. The van der Waals surface area contributed by atoms with Gasteiger partial charge in [-0.15, -0.1) is 0 Å². The molecule has 5 aliphatic carbocycles. The predicted molar refractivity (Wildman–Crippen MR) is 141 cm³/mol. The van der Waals surface area contributed by atoms with Gasteiger partial charge in [0.25, 0.3) is 0 Å². The van der Waals surface area contributed by atoms with Crippen LogP contribution in [0.1, 0.15) is 98.8 Å². The summed E-state index contributed by atoms with van der Waals surface area (Å²) in [7, 11) is 0. The van der Waals surface area contributed by atoms with Crippen LogP contribution in [0.15, 0.2) is 0 Å². The van der Waals surface area contributed by atoms with Crippen molar-refractivity contribution in [2.75, 3.05) is 0 Å². The lowest BCUT2D eigenvalue weighted by atomic mass is 9.42. The number of carbonyl (C=O) groups is 2. The van der Waals surface area contributed by atoms with Crippen molar-refractivity contribution in [2.45, 2.75) is 127 Å². The lowest BCUT2D eigenvalue weighted by molar-refractivity contribution is -0.216. The molecule has 6 fully saturated rings. The highest BCUT2D eigenvalue weighted by molar-refractivity contribution is 9.10. The van der Waals surface area contributed by atoms with Gasteiger partial charge in [0.1, 0.15) is 11.7 Å². The molecule has 1 aliphatic heterocycles. The van der Waals surface area contributed by atoms with E-state index < -0.39 is 11.0 Å². The van der Waals surface area contributed by atoms with Gasteiger partial charge in [-0.3, -0.25) is 9.59 Å². The molecule has 11 atom stereocenters. The number of hydrogen-bond donors (Lipinski definition) is 1. The number of fused-ring (bicyclic) bond motifs is 7. The number of aliphatic hydroxyl groups is 1. The zero-order valence-electron chi connectivity index (χ0n) is 22.7. The summed E-state index contributed by atoms with van der Waals surface area (Å²) in [4.78, 5) is 25.3. The third-order valence-electron chi connectivity index (χ3n) is 12.9. The quantitative estimate of drug-likeness (QED) is 0.320. The molecule has 1 spiro atoms. The van der Waals surface area contributed by atoms with Crippen molar-refractivity contribution in [1.82, 2.24) is 0 Å². The zero-order valence-corrected chi connectivity index (χ0v) is 24.3. The monoisotopic (exact) mass is 564 g/mol. The van der Waals surface area contributed by atoms with Crippen molar-refractivity contribution in [3.05, 3.63) is 0 Å². The Morgan fingerprint density at radius 1 is 1.06 bits per heavy atom. The topological polar surface area (TPSA) is 72.8 Å². The molecular weight excluding hydrogens is 520 g/mol. The van der Waals surface area contributed by atoms with Crippen LogP contribution >= 0.6 is 15.9 Å². The third kappa shape index (κ3) is 3.25. The number of alkyl halides is 1. The van der Waals surface area contributed by atoms with Crippen molar-refractivity contribution in [3.63, 3.8) is 0 Å². The van der Waals surface area contributed by atoms with Crippen LogP contribution in [0.4, 0.5) is 0 Å². The molecule has 6 aliphatic rings. The lowest BCUT2D eigenvalue weighted by Gasteiger charge is -2.64. The standard InChI is InChI=1S/C30H45BrO5/c1-16-6-12-29(13-7-16)17(2)24-22(36-29)14-21-23-20(9-10-27(21,24)4)28(5)11-8-19(35-18(3)32)15-30(28,34)26(33)25(23)31/h16-17,19-25,34H,6-15H2,1-5H3/t16?,17?,19?,20?,21?,22?,23?,24?,25?,27?,28?,29?,30-/m0/s1. The normalized spacial score (nSPS) is 58.1. The Bertz CT molecular complexity index is 944. The average Bonchev–Trinajstić information content (AvgIpc) is 3.26. The van der Waals surface area contributed by atoms with Gasteiger partial charge in [0.2, 0.25) is 0 Å². The fraction of sp³-hybridized carbons (Fsp3) is 0.933. The largest absolute Gasteiger partial charge is 0.462 e. The number of Topliss-reactive ketones (excluding diaryl/α,β-unsaturated/α-hetero) is 1. The summed E-state index contributed by atoms with van der Waals surface area (Å²) in [5.41, 5.74) is -1.70. The summed E-state index contributed by atoms with van der Waals surface area (Å²) in [6.07, 6.45) is 9.76. The van der Waals surface area contributed by atoms with Gasteiger partial charge in [0.05, 0.1) is 16.5 Å². The van der Waals surface area contributed by atoms with E-state index >= 15 is 0 Å². The van der Waals surface area contributed by atoms with Crippen molar-refractivity contribution < 1.29 is 24.2 Å². The van der Waals surface area contributed by atoms with Crippen LogP contribution in [0, 0.1) is 46.3 Å². The van der Waals surface area contributed by atoms with Crippen LogP contribution in [-0.2, 0) is 19.1 Å². The second kappa shape index (κ2) is 8.27. The number of esters is 1. The van der Waals surface area contributed by atoms with Gasteiger partial charge in [-0.1, -0.05) is 43.6 Å². The molecule has 0 aromatic carbocycles. The highest BCUT2D eigenvalue weighted by atomic mass is 79.9. The van der Waals surface area contributed by atoms with E-state index in [2.05, 4.69) is 43.6 Å². The van der Waals surface area contributed by atoms with E-state index in [1.54, 1.807) is 0 Å². The first-order valence-corrected chi connectivity index (χ1v) is 15.5. The van der Waals surface area contributed by atoms with E-state index in [0.717, 1.165) is 38.0 Å². The Morgan fingerprint density at radius 3 is 2.42 bits per heavy atom. The van der Waals surface area contributed by atoms with E-state index in [1.807, 2.05) is 0 Å². The number of rotatable bonds is 1. The van der Waals surface area contributed by atoms with Crippen molar-refractivity contribution in [1.29, 1.82) is 0 Å². The summed E-state index contributed by atoms with van der Waals surface area (Å²) in [5, 5.41) is 12.0. The van der Waals surface area contributed by atoms with E-state index in [4.69, 9.17) is 9.47 Å². The molecule has 5 saturated carbocycles. The molecule has 36 heavy (non-hydrogen) atoms. The van der Waals surface area contributed by atoms with Crippen LogP contribution in [-0.4, -0.2) is 45.1 Å². The van der Waals surface area contributed by atoms with Gasteiger partial charge in [0.15, 0.2) is 5.78 Å². The molecule has 10 unspecified atom stereocenters. The number of ether oxygens (including phenoxy) is 2. The summed E-state index contributed by atoms with van der Waals surface area (Å²) < 4.78 is 12.6. The van der Waals surface area contributed by atoms with Gasteiger partial charge in [-0.2, -0.15) is 0 Å². The van der Waals surface area contributed by atoms with Crippen molar-refractivity contribution in [2.24, 2.45) is 46.3 Å². The molecule has 5 nitrogen and oxygen atoms in total. The fourth-order valence-electron chi connectivity index (χ4n) is 10.9. The van der Waals surface area contributed by atoms with E-state index in [9.17, 15) is 14.7 Å². The maximum absolute atomic E-state index is 14.0. The van der Waals surface area contributed by atoms with E-state index in [-0.39, 0.29) is 52.0 Å². The molecule has 1 heterocycles. The number of ketones is 1. The first-order chi connectivity index (χ1) is 16.9. The van der Waals surface area contributed by atoms with Gasteiger partial charge >= 0.3 is 5.97 Å². The summed E-state index contributed by atoms with van der Waals surface area (Å²) in [6, 6.07) is 0. The minimum absolute atomic E-state index is 0.0597. The Kier molecular flexibility index (Phi) is 5.93. The Balaban J connectivity index is 1.30. The molecule has 6 heteroatoms. The molecule has 0 radical (unpaired) electrons. The maximum Gasteiger partial charge on any atom is 0.302 e. The molecule has 0 aromatic rings. The number of carbonyl (C=O) groups excluding carboxylic acids is 2.